The summed E-state index contributed by atoms with van der Waals surface area (Å²) >= 11 is 1.87. The van der Waals surface area contributed by atoms with Crippen molar-refractivity contribution < 1.29 is 4.74 Å². The van der Waals surface area contributed by atoms with E-state index >= 15 is 0 Å². The number of guanidine groups is 1. The van der Waals surface area contributed by atoms with Gasteiger partial charge in [0.15, 0.2) is 5.96 Å². The zero-order chi connectivity index (χ0) is 20.3. The molecule has 0 aliphatic carbocycles. The van der Waals surface area contributed by atoms with E-state index in [2.05, 4.69) is 76.0 Å². The number of benzene rings is 2. The van der Waals surface area contributed by atoms with Crippen LogP contribution in [0.2, 0.25) is 0 Å². The molecule has 29 heavy (non-hydrogen) atoms. The molecule has 1 saturated heterocycles. The molecule has 2 N–H and O–H groups in total. The summed E-state index contributed by atoms with van der Waals surface area (Å²) in [5.41, 5.74) is 2.61. The largest absolute Gasteiger partial charge is 0.379 e. The normalized spacial score (nSPS) is 16.4. The van der Waals surface area contributed by atoms with Gasteiger partial charge in [0.05, 0.1) is 13.2 Å². The highest BCUT2D eigenvalue weighted by atomic mass is 32.2. The van der Waals surface area contributed by atoms with Crippen LogP contribution in [0.5, 0.6) is 0 Å². The first-order valence-corrected chi connectivity index (χ1v) is 11.1. The van der Waals surface area contributed by atoms with Crippen LogP contribution in [0.15, 0.2) is 64.5 Å². The maximum Gasteiger partial charge on any atom is 0.191 e. The molecule has 0 amide bonds. The fourth-order valence-corrected chi connectivity index (χ4v) is 4.15. The van der Waals surface area contributed by atoms with E-state index < -0.39 is 0 Å². The quantitative estimate of drug-likeness (QED) is 0.396. The van der Waals surface area contributed by atoms with Gasteiger partial charge in [0, 0.05) is 49.9 Å². The fraction of sp³-hybridized carbons (Fsp3) is 0.435. The third-order valence-electron chi connectivity index (χ3n) is 4.85. The van der Waals surface area contributed by atoms with Gasteiger partial charge in [-0.15, -0.1) is 11.8 Å². The lowest BCUT2D eigenvalue weighted by atomic mass is 10.1. The van der Waals surface area contributed by atoms with Crippen LogP contribution >= 0.6 is 11.8 Å². The zero-order valence-corrected chi connectivity index (χ0v) is 18.3. The molecule has 156 valence electrons. The van der Waals surface area contributed by atoms with E-state index in [9.17, 15) is 0 Å². The average molecular weight is 413 g/mol. The standard InChI is InChI=1S/C23H32N4OS/c1-19(29-22-6-4-3-5-7-22)16-25-23(24-2)26-17-20-8-10-21(11-9-20)18-27-12-14-28-15-13-27/h3-11,19H,12-18H2,1-2H3,(H2,24,25,26). The predicted octanol–water partition coefficient (Wildman–Crippen LogP) is 3.36. The number of hydrogen-bond donors (Lipinski definition) is 2. The summed E-state index contributed by atoms with van der Waals surface area (Å²) in [4.78, 5) is 8.08. The molecule has 1 aliphatic rings. The molecule has 1 heterocycles. The summed E-state index contributed by atoms with van der Waals surface area (Å²) < 4.78 is 5.42. The number of morpholine rings is 1. The lowest BCUT2D eigenvalue weighted by Crippen LogP contribution is -2.39. The number of nitrogens with one attached hydrogen (secondary N) is 2. The molecule has 0 saturated carbocycles. The molecule has 1 atom stereocenters. The predicted molar refractivity (Wildman–Crippen MR) is 123 cm³/mol. The Morgan fingerprint density at radius 1 is 1.03 bits per heavy atom. The minimum Gasteiger partial charge on any atom is -0.379 e. The Labute approximate surface area is 178 Å². The number of hydrogen-bond acceptors (Lipinski definition) is 4. The van der Waals surface area contributed by atoms with Crippen LogP contribution in [0, 0.1) is 0 Å². The van der Waals surface area contributed by atoms with E-state index in [1.807, 2.05) is 24.9 Å². The molecule has 0 aromatic heterocycles. The lowest BCUT2D eigenvalue weighted by molar-refractivity contribution is 0.0342. The Hall–Kier alpha value is -2.02. The Morgan fingerprint density at radius 3 is 2.41 bits per heavy atom. The van der Waals surface area contributed by atoms with Gasteiger partial charge in [-0.05, 0) is 23.3 Å². The molecule has 0 bridgehead atoms. The maximum atomic E-state index is 5.42. The molecular weight excluding hydrogens is 380 g/mol. The highest BCUT2D eigenvalue weighted by molar-refractivity contribution is 8.00. The van der Waals surface area contributed by atoms with Crippen molar-refractivity contribution in [2.45, 2.75) is 30.2 Å². The van der Waals surface area contributed by atoms with Crippen molar-refractivity contribution >= 4 is 17.7 Å². The van der Waals surface area contributed by atoms with Gasteiger partial charge in [-0.1, -0.05) is 49.4 Å². The van der Waals surface area contributed by atoms with Gasteiger partial charge in [0.25, 0.3) is 0 Å². The third-order valence-corrected chi connectivity index (χ3v) is 5.97. The van der Waals surface area contributed by atoms with Gasteiger partial charge >= 0.3 is 0 Å². The number of aliphatic imine (C=N–C) groups is 1. The van der Waals surface area contributed by atoms with Crippen molar-refractivity contribution in [2.24, 2.45) is 4.99 Å². The van der Waals surface area contributed by atoms with Crippen molar-refractivity contribution in [2.75, 3.05) is 39.9 Å². The molecule has 0 spiro atoms. The van der Waals surface area contributed by atoms with Crippen molar-refractivity contribution in [3.63, 3.8) is 0 Å². The van der Waals surface area contributed by atoms with Gasteiger partial charge in [0.1, 0.15) is 0 Å². The van der Waals surface area contributed by atoms with E-state index in [-0.39, 0.29) is 0 Å². The second-order valence-corrected chi connectivity index (χ2v) is 8.77. The van der Waals surface area contributed by atoms with Crippen molar-refractivity contribution in [1.82, 2.24) is 15.5 Å². The van der Waals surface area contributed by atoms with E-state index in [1.54, 1.807) is 0 Å². The molecule has 5 nitrogen and oxygen atoms in total. The first-order valence-electron chi connectivity index (χ1n) is 10.3. The van der Waals surface area contributed by atoms with Gasteiger partial charge in [-0.3, -0.25) is 9.89 Å². The molecule has 1 unspecified atom stereocenters. The zero-order valence-electron chi connectivity index (χ0n) is 17.4. The van der Waals surface area contributed by atoms with E-state index in [0.717, 1.165) is 51.9 Å². The minimum absolute atomic E-state index is 0.454. The second kappa shape index (κ2) is 11.9. The van der Waals surface area contributed by atoms with Gasteiger partial charge in [0.2, 0.25) is 0 Å². The second-order valence-electron chi connectivity index (χ2n) is 7.25. The average Bonchev–Trinajstić information content (AvgIpc) is 2.76. The van der Waals surface area contributed by atoms with E-state index in [4.69, 9.17) is 4.74 Å². The smallest absolute Gasteiger partial charge is 0.191 e. The fourth-order valence-electron chi connectivity index (χ4n) is 3.20. The summed E-state index contributed by atoms with van der Waals surface area (Å²) in [6.07, 6.45) is 0. The van der Waals surface area contributed by atoms with Crippen molar-refractivity contribution in [3.05, 3.63) is 65.7 Å². The van der Waals surface area contributed by atoms with Crippen LogP contribution in [0.3, 0.4) is 0 Å². The number of nitrogens with zero attached hydrogens (tertiary/aromatic N) is 2. The summed E-state index contributed by atoms with van der Waals surface area (Å²) in [6.45, 7) is 8.57. The molecule has 0 radical (unpaired) electrons. The Balaban J connectivity index is 1.39. The number of rotatable bonds is 8. The molecular formula is C23H32N4OS. The van der Waals surface area contributed by atoms with Crippen LogP contribution in [-0.4, -0.2) is 56.0 Å². The molecule has 6 heteroatoms. The molecule has 2 aromatic carbocycles. The van der Waals surface area contributed by atoms with Gasteiger partial charge in [-0.2, -0.15) is 0 Å². The third kappa shape index (κ3) is 7.72. The van der Waals surface area contributed by atoms with Gasteiger partial charge < -0.3 is 15.4 Å². The Bertz CT molecular complexity index is 745. The highest BCUT2D eigenvalue weighted by Gasteiger charge is 2.10. The van der Waals surface area contributed by atoms with Gasteiger partial charge in [-0.25, -0.2) is 0 Å². The highest BCUT2D eigenvalue weighted by Crippen LogP contribution is 2.21. The van der Waals surface area contributed by atoms with Crippen LogP contribution in [0.1, 0.15) is 18.1 Å². The Morgan fingerprint density at radius 2 is 1.72 bits per heavy atom. The topological polar surface area (TPSA) is 48.9 Å². The monoisotopic (exact) mass is 412 g/mol. The first kappa shape index (κ1) is 21.7. The number of thioether (sulfide) groups is 1. The molecule has 3 rings (SSSR count). The Kier molecular flexibility index (Phi) is 8.86. The maximum absolute atomic E-state index is 5.42. The molecule has 2 aromatic rings. The summed E-state index contributed by atoms with van der Waals surface area (Å²) in [7, 11) is 1.82. The number of ether oxygens (including phenoxy) is 1. The van der Waals surface area contributed by atoms with Crippen LogP contribution in [0.25, 0.3) is 0 Å². The summed E-state index contributed by atoms with van der Waals surface area (Å²) in [6, 6.07) is 19.3. The summed E-state index contributed by atoms with van der Waals surface area (Å²) in [5, 5.41) is 7.29. The molecule has 1 fully saturated rings. The lowest BCUT2D eigenvalue weighted by Gasteiger charge is -2.26. The summed E-state index contributed by atoms with van der Waals surface area (Å²) in [5.74, 6) is 0.836. The first-order chi connectivity index (χ1) is 14.2. The van der Waals surface area contributed by atoms with Crippen molar-refractivity contribution in [1.29, 1.82) is 0 Å². The van der Waals surface area contributed by atoms with Crippen LogP contribution < -0.4 is 10.6 Å². The van der Waals surface area contributed by atoms with E-state index in [0.29, 0.717) is 5.25 Å². The van der Waals surface area contributed by atoms with E-state index in [1.165, 1.54) is 16.0 Å². The van der Waals surface area contributed by atoms with Crippen LogP contribution in [0.4, 0.5) is 0 Å². The molecule has 1 aliphatic heterocycles. The minimum atomic E-state index is 0.454. The van der Waals surface area contributed by atoms with Crippen LogP contribution in [-0.2, 0) is 17.8 Å². The van der Waals surface area contributed by atoms with Crippen molar-refractivity contribution in [3.8, 4) is 0 Å². The SMILES string of the molecule is CN=C(NCc1ccc(CN2CCOCC2)cc1)NCC(C)Sc1ccccc1.